The molecule has 0 aliphatic rings. The Morgan fingerprint density at radius 2 is 2.05 bits per heavy atom. The highest BCUT2D eigenvalue weighted by Gasteiger charge is 2.14. The summed E-state index contributed by atoms with van der Waals surface area (Å²) in [5.74, 6) is -0.417. The van der Waals surface area contributed by atoms with Gasteiger partial charge in [-0.3, -0.25) is 4.79 Å². The lowest BCUT2D eigenvalue weighted by atomic mass is 10.0. The maximum atomic E-state index is 13.7. The van der Waals surface area contributed by atoms with Gasteiger partial charge in [0, 0.05) is 20.0 Å². The van der Waals surface area contributed by atoms with E-state index in [0.29, 0.717) is 15.6 Å². The smallest absolute Gasteiger partial charge is 0.168 e. The monoisotopic (exact) mass is 432 g/mol. The molecule has 0 heterocycles. The van der Waals surface area contributed by atoms with Gasteiger partial charge in [0.15, 0.2) is 5.78 Å². The van der Waals surface area contributed by atoms with Crippen LogP contribution >= 0.6 is 38.5 Å². The summed E-state index contributed by atoms with van der Waals surface area (Å²) in [5, 5.41) is 0. The third-order valence-electron chi connectivity index (χ3n) is 2.86. The number of hydrogen-bond acceptors (Lipinski definition) is 1. The molecule has 0 radical (unpaired) electrons. The van der Waals surface area contributed by atoms with Gasteiger partial charge in [-0.2, -0.15) is 0 Å². The largest absolute Gasteiger partial charge is 0.294 e. The summed E-state index contributed by atoms with van der Waals surface area (Å²) in [4.78, 5) is 12.2. The normalized spacial score (nSPS) is 10.5. The number of benzene rings is 2. The molecule has 0 saturated heterocycles. The molecule has 19 heavy (non-hydrogen) atoms. The average Bonchev–Trinajstić information content (AvgIpc) is 2.36. The van der Waals surface area contributed by atoms with Gasteiger partial charge in [0.2, 0.25) is 0 Å². The first-order valence-corrected chi connectivity index (χ1v) is 7.58. The first kappa shape index (κ1) is 14.7. The number of rotatable bonds is 3. The molecule has 0 aliphatic heterocycles. The number of carbonyl (C=O) groups is 1. The lowest BCUT2D eigenvalue weighted by Gasteiger charge is -2.07. The Labute approximate surface area is 133 Å². The average molecular weight is 433 g/mol. The van der Waals surface area contributed by atoms with E-state index >= 15 is 0 Å². The second-order valence-electron chi connectivity index (χ2n) is 4.27. The molecule has 0 saturated carbocycles. The summed E-state index contributed by atoms with van der Waals surface area (Å²) in [6.45, 7) is 1.96. The van der Waals surface area contributed by atoms with Crippen LogP contribution < -0.4 is 0 Å². The Hall–Kier alpha value is -0.750. The van der Waals surface area contributed by atoms with E-state index in [0.717, 1.165) is 9.13 Å². The predicted molar refractivity (Wildman–Crippen MR) is 86.0 cm³/mol. The summed E-state index contributed by atoms with van der Waals surface area (Å²) in [6.07, 6.45) is 0.0819. The van der Waals surface area contributed by atoms with Crippen LogP contribution in [-0.2, 0) is 6.42 Å². The fraction of sp³-hybridized carbons (Fsp3) is 0.133. The topological polar surface area (TPSA) is 17.1 Å². The third kappa shape index (κ3) is 3.42. The summed E-state index contributed by atoms with van der Waals surface area (Å²) >= 11 is 5.36. The first-order chi connectivity index (χ1) is 8.99. The van der Waals surface area contributed by atoms with E-state index in [2.05, 4.69) is 38.5 Å². The standard InChI is InChI=1S/C15H11BrFIO/c1-9-3-2-4-12(15(9)18)14(19)7-10-5-6-11(16)8-13(10)17/h2-6,8H,7H2,1H3. The van der Waals surface area contributed by atoms with Crippen LogP contribution in [0.3, 0.4) is 0 Å². The highest BCUT2D eigenvalue weighted by molar-refractivity contribution is 14.1. The summed E-state index contributed by atoms with van der Waals surface area (Å²) < 4.78 is 15.3. The molecule has 0 amide bonds. The maximum Gasteiger partial charge on any atom is 0.168 e. The Morgan fingerprint density at radius 1 is 1.32 bits per heavy atom. The van der Waals surface area contributed by atoms with Gasteiger partial charge in [-0.1, -0.05) is 40.2 Å². The van der Waals surface area contributed by atoms with Gasteiger partial charge in [-0.25, -0.2) is 4.39 Å². The molecule has 4 heteroatoms. The number of ketones is 1. The van der Waals surface area contributed by atoms with Crippen molar-refractivity contribution in [3.05, 3.63) is 66.9 Å². The zero-order chi connectivity index (χ0) is 14.0. The van der Waals surface area contributed by atoms with Crippen LogP contribution in [0.25, 0.3) is 0 Å². The molecule has 0 N–H and O–H groups in total. The van der Waals surface area contributed by atoms with Crippen LogP contribution in [0.2, 0.25) is 0 Å². The highest BCUT2D eigenvalue weighted by atomic mass is 127. The van der Waals surface area contributed by atoms with Crippen molar-refractivity contribution in [2.24, 2.45) is 0 Å². The van der Waals surface area contributed by atoms with Crippen molar-refractivity contribution >= 4 is 44.3 Å². The van der Waals surface area contributed by atoms with E-state index in [9.17, 15) is 9.18 Å². The van der Waals surface area contributed by atoms with Crippen molar-refractivity contribution in [1.29, 1.82) is 0 Å². The number of Topliss-reactive ketones (excluding diaryl/α,β-unsaturated/α-hetero) is 1. The quantitative estimate of drug-likeness (QED) is 0.496. The van der Waals surface area contributed by atoms with E-state index in [1.165, 1.54) is 6.07 Å². The van der Waals surface area contributed by atoms with Gasteiger partial charge < -0.3 is 0 Å². The van der Waals surface area contributed by atoms with Crippen LogP contribution in [0.1, 0.15) is 21.5 Å². The van der Waals surface area contributed by atoms with Crippen LogP contribution in [-0.4, -0.2) is 5.78 Å². The van der Waals surface area contributed by atoms with E-state index in [1.807, 2.05) is 19.1 Å². The van der Waals surface area contributed by atoms with E-state index < -0.39 is 0 Å². The molecule has 1 nitrogen and oxygen atoms in total. The Morgan fingerprint density at radius 3 is 2.74 bits per heavy atom. The molecule has 2 aromatic rings. The molecule has 98 valence electrons. The molecule has 2 aromatic carbocycles. The Kier molecular flexibility index (Phi) is 4.73. The van der Waals surface area contributed by atoms with Crippen LogP contribution in [0.4, 0.5) is 4.39 Å². The molecule has 0 unspecified atom stereocenters. The fourth-order valence-corrected chi connectivity index (χ4v) is 2.79. The fourth-order valence-electron chi connectivity index (χ4n) is 1.80. The van der Waals surface area contributed by atoms with Crippen molar-refractivity contribution in [1.82, 2.24) is 0 Å². The molecule has 0 aliphatic carbocycles. The molecule has 0 atom stereocenters. The second kappa shape index (κ2) is 6.13. The molecular weight excluding hydrogens is 422 g/mol. The number of halogens is 3. The van der Waals surface area contributed by atoms with Crippen molar-refractivity contribution < 1.29 is 9.18 Å². The lowest BCUT2D eigenvalue weighted by molar-refractivity contribution is 0.0991. The van der Waals surface area contributed by atoms with Gasteiger partial charge in [-0.05, 0) is 52.8 Å². The summed E-state index contributed by atoms with van der Waals surface area (Å²) in [6, 6.07) is 10.4. The molecular formula is C15H11BrFIO. The van der Waals surface area contributed by atoms with Gasteiger partial charge >= 0.3 is 0 Å². The molecule has 0 aromatic heterocycles. The molecule has 0 fully saturated rings. The summed E-state index contributed by atoms with van der Waals surface area (Å²) in [5.41, 5.74) is 2.14. The minimum Gasteiger partial charge on any atom is -0.294 e. The first-order valence-electron chi connectivity index (χ1n) is 5.71. The SMILES string of the molecule is Cc1cccc(C(=O)Cc2ccc(Br)cc2F)c1I. The van der Waals surface area contributed by atoms with E-state index in [-0.39, 0.29) is 18.0 Å². The lowest BCUT2D eigenvalue weighted by Crippen LogP contribution is -2.08. The molecule has 0 spiro atoms. The third-order valence-corrected chi connectivity index (χ3v) is 4.78. The van der Waals surface area contributed by atoms with Crippen molar-refractivity contribution in [2.45, 2.75) is 13.3 Å². The van der Waals surface area contributed by atoms with Gasteiger partial charge in [0.1, 0.15) is 5.82 Å². The highest BCUT2D eigenvalue weighted by Crippen LogP contribution is 2.21. The Balaban J connectivity index is 2.28. The zero-order valence-corrected chi connectivity index (χ0v) is 14.0. The number of carbonyl (C=O) groups excluding carboxylic acids is 1. The van der Waals surface area contributed by atoms with E-state index in [4.69, 9.17) is 0 Å². The number of aryl methyl sites for hydroxylation is 1. The Bertz CT molecular complexity index is 640. The van der Waals surface area contributed by atoms with E-state index in [1.54, 1.807) is 18.2 Å². The van der Waals surface area contributed by atoms with Gasteiger partial charge in [-0.15, -0.1) is 0 Å². The predicted octanol–water partition coefficient (Wildman–Crippen LogP) is 4.93. The molecule has 2 rings (SSSR count). The van der Waals surface area contributed by atoms with Crippen molar-refractivity contribution in [2.75, 3.05) is 0 Å². The number of hydrogen-bond donors (Lipinski definition) is 0. The van der Waals surface area contributed by atoms with Crippen LogP contribution in [0.15, 0.2) is 40.9 Å². The van der Waals surface area contributed by atoms with Gasteiger partial charge in [0.25, 0.3) is 0 Å². The van der Waals surface area contributed by atoms with Crippen LogP contribution in [0.5, 0.6) is 0 Å². The van der Waals surface area contributed by atoms with Crippen LogP contribution in [0, 0.1) is 16.3 Å². The molecule has 0 bridgehead atoms. The summed E-state index contributed by atoms with van der Waals surface area (Å²) in [7, 11) is 0. The zero-order valence-electron chi connectivity index (χ0n) is 10.2. The minimum absolute atomic E-state index is 0.0608. The maximum absolute atomic E-state index is 13.7. The second-order valence-corrected chi connectivity index (χ2v) is 6.27. The van der Waals surface area contributed by atoms with Gasteiger partial charge in [0.05, 0.1) is 0 Å². The van der Waals surface area contributed by atoms with Crippen molar-refractivity contribution in [3.8, 4) is 0 Å². The minimum atomic E-state index is -0.356. The van der Waals surface area contributed by atoms with Crippen molar-refractivity contribution in [3.63, 3.8) is 0 Å².